The molecule has 0 fully saturated rings. The van der Waals surface area contributed by atoms with Crippen LogP contribution in [0.5, 0.6) is 0 Å². The van der Waals surface area contributed by atoms with E-state index in [9.17, 15) is 0 Å². The summed E-state index contributed by atoms with van der Waals surface area (Å²) in [6.07, 6.45) is 0. The molecule has 5 nitrogen and oxygen atoms in total. The number of nitrogens with zero attached hydrogens (tertiary/aromatic N) is 3. The van der Waals surface area contributed by atoms with E-state index >= 15 is 0 Å². The van der Waals surface area contributed by atoms with Crippen LogP contribution in [0.15, 0.2) is 173 Å². The molecule has 3 heterocycles. The predicted molar refractivity (Wildman–Crippen MR) is 211 cm³/mol. The Morgan fingerprint density at radius 2 is 0.865 bits per heavy atom. The molecular weight excluding hydrogens is 639 g/mol. The number of rotatable bonds is 4. The molecule has 0 aliphatic carbocycles. The Morgan fingerprint density at radius 1 is 0.308 bits per heavy atom. The van der Waals surface area contributed by atoms with Crippen molar-refractivity contribution in [1.29, 1.82) is 0 Å². The standard InChI is InChI=1S/C47H27N3O2/c1-3-10-28(11-4-1)45-48-46(29-12-5-2-6-13-29)50-47(49-45)36-16-9-17-41-44(36)39-25-35-22-32(18-19-34(35)27-43(39)52-41)33-20-21-40-37(24-33)38-23-30-14-7-8-15-31(30)26-42(38)51-40/h1-27H. The third-order valence-corrected chi connectivity index (χ3v) is 10.1. The normalized spacial score (nSPS) is 11.8. The van der Waals surface area contributed by atoms with Crippen LogP contribution in [0.4, 0.5) is 0 Å². The minimum atomic E-state index is 0.600. The molecule has 242 valence electrons. The number of fused-ring (bicyclic) bond motifs is 8. The Hall–Kier alpha value is -7.11. The van der Waals surface area contributed by atoms with Crippen LogP contribution < -0.4 is 0 Å². The molecule has 0 bridgehead atoms. The first-order valence-electron chi connectivity index (χ1n) is 17.3. The van der Waals surface area contributed by atoms with Gasteiger partial charge in [0.2, 0.25) is 0 Å². The maximum Gasteiger partial charge on any atom is 0.164 e. The number of aromatic nitrogens is 3. The Labute approximate surface area is 297 Å². The van der Waals surface area contributed by atoms with Gasteiger partial charge >= 0.3 is 0 Å². The van der Waals surface area contributed by atoms with Gasteiger partial charge in [-0.3, -0.25) is 0 Å². The lowest BCUT2D eigenvalue weighted by molar-refractivity contribution is 0.669. The summed E-state index contributed by atoms with van der Waals surface area (Å²) in [5.41, 5.74) is 8.43. The summed E-state index contributed by atoms with van der Waals surface area (Å²) in [5.74, 6) is 1.85. The molecule has 0 aliphatic heterocycles. The first kappa shape index (κ1) is 28.7. The highest BCUT2D eigenvalue weighted by atomic mass is 16.3. The number of furan rings is 2. The average Bonchev–Trinajstić information content (AvgIpc) is 3.76. The van der Waals surface area contributed by atoms with Gasteiger partial charge in [-0.2, -0.15) is 0 Å². The van der Waals surface area contributed by atoms with Gasteiger partial charge in [0, 0.05) is 38.2 Å². The summed E-state index contributed by atoms with van der Waals surface area (Å²) in [6.45, 7) is 0. The zero-order chi connectivity index (χ0) is 34.2. The minimum Gasteiger partial charge on any atom is -0.456 e. The lowest BCUT2D eigenvalue weighted by Gasteiger charge is -2.09. The molecule has 0 saturated heterocycles. The van der Waals surface area contributed by atoms with Gasteiger partial charge < -0.3 is 8.83 Å². The van der Waals surface area contributed by atoms with Crippen LogP contribution in [0.1, 0.15) is 0 Å². The van der Waals surface area contributed by atoms with Gasteiger partial charge in [-0.25, -0.2) is 15.0 Å². The van der Waals surface area contributed by atoms with Crippen LogP contribution in [0.3, 0.4) is 0 Å². The van der Waals surface area contributed by atoms with E-state index in [4.69, 9.17) is 23.8 Å². The van der Waals surface area contributed by atoms with Crippen LogP contribution in [-0.4, -0.2) is 15.0 Å². The van der Waals surface area contributed by atoms with Gasteiger partial charge in [0.1, 0.15) is 22.3 Å². The quantitative estimate of drug-likeness (QED) is 0.187. The van der Waals surface area contributed by atoms with Crippen molar-refractivity contribution in [3.8, 4) is 45.3 Å². The van der Waals surface area contributed by atoms with E-state index in [1.807, 2.05) is 72.8 Å². The van der Waals surface area contributed by atoms with Crippen molar-refractivity contribution in [2.45, 2.75) is 0 Å². The summed E-state index contributed by atoms with van der Waals surface area (Å²) in [4.78, 5) is 15.0. The SMILES string of the molecule is c1ccc(-c2nc(-c3ccccc3)nc(-c3cccc4oc5cc6ccc(-c7ccc8oc9cc%10ccccc%10cc9c8c7)cc6cc5c34)n2)cc1. The molecule has 0 aliphatic rings. The second-order valence-electron chi connectivity index (χ2n) is 13.2. The van der Waals surface area contributed by atoms with Crippen LogP contribution in [0.2, 0.25) is 0 Å². The summed E-state index contributed by atoms with van der Waals surface area (Å²) < 4.78 is 12.8. The van der Waals surface area contributed by atoms with E-state index in [-0.39, 0.29) is 0 Å². The molecule has 0 atom stereocenters. The van der Waals surface area contributed by atoms with E-state index in [0.29, 0.717) is 17.5 Å². The van der Waals surface area contributed by atoms with Gasteiger partial charge in [-0.05, 0) is 81.2 Å². The van der Waals surface area contributed by atoms with Crippen molar-refractivity contribution in [2.24, 2.45) is 0 Å². The molecule has 0 radical (unpaired) electrons. The van der Waals surface area contributed by atoms with Crippen LogP contribution in [-0.2, 0) is 0 Å². The van der Waals surface area contributed by atoms with E-state index in [1.54, 1.807) is 0 Å². The maximum absolute atomic E-state index is 6.50. The van der Waals surface area contributed by atoms with E-state index in [0.717, 1.165) is 82.5 Å². The molecule has 5 heteroatoms. The third-order valence-electron chi connectivity index (χ3n) is 10.1. The van der Waals surface area contributed by atoms with Gasteiger partial charge in [0.05, 0.1) is 0 Å². The molecule has 11 rings (SSSR count). The highest BCUT2D eigenvalue weighted by molar-refractivity contribution is 6.16. The number of hydrogen-bond acceptors (Lipinski definition) is 5. The molecule has 0 N–H and O–H groups in total. The molecule has 0 saturated carbocycles. The molecule has 52 heavy (non-hydrogen) atoms. The summed E-state index contributed by atoms with van der Waals surface area (Å²) in [6, 6.07) is 56.5. The molecule has 0 amide bonds. The van der Waals surface area contributed by atoms with Crippen molar-refractivity contribution >= 4 is 65.4 Å². The lowest BCUT2D eigenvalue weighted by Crippen LogP contribution is -2.00. The first-order valence-corrected chi connectivity index (χ1v) is 17.3. The molecule has 3 aromatic heterocycles. The van der Waals surface area contributed by atoms with Gasteiger partial charge in [-0.15, -0.1) is 0 Å². The maximum atomic E-state index is 6.50. The zero-order valence-electron chi connectivity index (χ0n) is 27.7. The largest absolute Gasteiger partial charge is 0.456 e. The fourth-order valence-corrected chi connectivity index (χ4v) is 7.51. The molecule has 8 aromatic carbocycles. The van der Waals surface area contributed by atoms with Crippen molar-refractivity contribution < 1.29 is 8.83 Å². The van der Waals surface area contributed by atoms with E-state index in [1.165, 1.54) is 10.8 Å². The minimum absolute atomic E-state index is 0.600. The number of benzene rings is 8. The lowest BCUT2D eigenvalue weighted by atomic mass is 9.97. The summed E-state index contributed by atoms with van der Waals surface area (Å²) >= 11 is 0. The highest BCUT2D eigenvalue weighted by Crippen LogP contribution is 2.40. The smallest absolute Gasteiger partial charge is 0.164 e. The Bertz CT molecular complexity index is 3120. The third kappa shape index (κ3) is 4.60. The van der Waals surface area contributed by atoms with Crippen molar-refractivity contribution in [3.63, 3.8) is 0 Å². The topological polar surface area (TPSA) is 65.0 Å². The summed E-state index contributed by atoms with van der Waals surface area (Å²) in [7, 11) is 0. The average molecular weight is 666 g/mol. The molecule has 0 unspecified atom stereocenters. The van der Waals surface area contributed by atoms with E-state index in [2.05, 4.69) is 91.0 Å². The molecule has 0 spiro atoms. The van der Waals surface area contributed by atoms with Crippen molar-refractivity contribution in [1.82, 2.24) is 15.0 Å². The monoisotopic (exact) mass is 665 g/mol. The van der Waals surface area contributed by atoms with Crippen molar-refractivity contribution in [2.75, 3.05) is 0 Å². The zero-order valence-corrected chi connectivity index (χ0v) is 27.7. The highest BCUT2D eigenvalue weighted by Gasteiger charge is 2.19. The fraction of sp³-hybridized carbons (Fsp3) is 0. The van der Waals surface area contributed by atoms with Crippen LogP contribution in [0.25, 0.3) is 111 Å². The van der Waals surface area contributed by atoms with Gasteiger partial charge in [-0.1, -0.05) is 115 Å². The van der Waals surface area contributed by atoms with Crippen LogP contribution >= 0.6 is 0 Å². The molecular formula is C47H27N3O2. The summed E-state index contributed by atoms with van der Waals surface area (Å²) in [5, 5.41) is 8.84. The van der Waals surface area contributed by atoms with Crippen molar-refractivity contribution in [3.05, 3.63) is 164 Å². The number of hydrogen-bond donors (Lipinski definition) is 0. The van der Waals surface area contributed by atoms with Crippen LogP contribution in [0, 0.1) is 0 Å². The molecule has 11 aromatic rings. The van der Waals surface area contributed by atoms with Gasteiger partial charge in [0.15, 0.2) is 17.5 Å². The Kier molecular flexibility index (Phi) is 6.18. The Balaban J connectivity index is 1.08. The second kappa shape index (κ2) is 11.2. The first-order chi connectivity index (χ1) is 25.7. The predicted octanol–water partition coefficient (Wildman–Crippen LogP) is 12.6. The van der Waals surface area contributed by atoms with Gasteiger partial charge in [0.25, 0.3) is 0 Å². The fourth-order valence-electron chi connectivity index (χ4n) is 7.51. The second-order valence-corrected chi connectivity index (χ2v) is 13.2. The Morgan fingerprint density at radius 3 is 1.62 bits per heavy atom. The van der Waals surface area contributed by atoms with E-state index < -0.39 is 0 Å².